The second-order valence-electron chi connectivity index (χ2n) is 6.66. The molecule has 0 aliphatic heterocycles. The van der Waals surface area contributed by atoms with Gasteiger partial charge in [0, 0.05) is 29.9 Å². The summed E-state index contributed by atoms with van der Waals surface area (Å²) in [5.74, 6) is 0.0632. The Bertz CT molecular complexity index is 1340. The summed E-state index contributed by atoms with van der Waals surface area (Å²) in [7, 11) is 0. The van der Waals surface area contributed by atoms with Crippen molar-refractivity contribution in [1.82, 2.24) is 40.5 Å². The Morgan fingerprint density at radius 1 is 1.10 bits per heavy atom. The largest absolute Gasteiger partial charge is 0.382 e. The zero-order chi connectivity index (χ0) is 20.5. The fourth-order valence-corrected chi connectivity index (χ4v) is 3.25. The van der Waals surface area contributed by atoms with E-state index in [-0.39, 0.29) is 5.91 Å². The van der Waals surface area contributed by atoms with Crippen molar-refractivity contribution in [2.45, 2.75) is 6.54 Å². The lowest BCUT2D eigenvalue weighted by Gasteiger charge is -2.03. The minimum Gasteiger partial charge on any atom is -0.382 e. The van der Waals surface area contributed by atoms with E-state index in [1.165, 1.54) is 4.80 Å². The number of pyridine rings is 2. The maximum absolute atomic E-state index is 12.1. The minimum absolute atomic E-state index is 0.245. The third-order valence-electron chi connectivity index (χ3n) is 4.70. The number of amides is 1. The first kappa shape index (κ1) is 17.7. The van der Waals surface area contributed by atoms with Crippen molar-refractivity contribution < 1.29 is 4.79 Å². The Labute approximate surface area is 170 Å². The first-order chi connectivity index (χ1) is 14.7. The van der Waals surface area contributed by atoms with Crippen LogP contribution in [0.1, 0.15) is 10.5 Å². The summed E-state index contributed by atoms with van der Waals surface area (Å²) in [6.45, 7) is 0.742. The van der Waals surface area contributed by atoms with Crippen LogP contribution in [0.3, 0.4) is 0 Å². The van der Waals surface area contributed by atoms with E-state index in [1.54, 1.807) is 30.6 Å². The van der Waals surface area contributed by atoms with Crippen molar-refractivity contribution in [2.24, 2.45) is 0 Å². The highest BCUT2D eigenvalue weighted by Gasteiger charge is 2.14. The monoisotopic (exact) mass is 399 g/mol. The summed E-state index contributed by atoms with van der Waals surface area (Å²) >= 11 is 0. The molecule has 0 fully saturated rings. The highest BCUT2D eigenvalue weighted by molar-refractivity contribution is 6.06. The number of rotatable bonds is 5. The van der Waals surface area contributed by atoms with Gasteiger partial charge in [0.15, 0.2) is 11.3 Å². The van der Waals surface area contributed by atoms with E-state index in [1.807, 2.05) is 24.3 Å². The Morgan fingerprint density at radius 3 is 2.80 bits per heavy atom. The number of hydrogen-bond acceptors (Lipinski definition) is 7. The number of aromatic amines is 1. The zero-order valence-corrected chi connectivity index (χ0v) is 15.8. The van der Waals surface area contributed by atoms with Gasteiger partial charge in [-0.2, -0.15) is 15.0 Å². The SMILES string of the molecule is Nc1nc2cc(-c3ccn[nH]3)ccc2c2nn(CCNC(=O)c3ccccn3)nc12. The van der Waals surface area contributed by atoms with Gasteiger partial charge < -0.3 is 11.1 Å². The minimum atomic E-state index is -0.245. The molecule has 0 unspecified atom stereocenters. The summed E-state index contributed by atoms with van der Waals surface area (Å²) in [6, 6.07) is 12.9. The fraction of sp³-hybridized carbons (Fsp3) is 0.100. The van der Waals surface area contributed by atoms with Crippen LogP contribution in [-0.2, 0) is 6.54 Å². The number of anilines is 1. The molecule has 10 nitrogen and oxygen atoms in total. The van der Waals surface area contributed by atoms with E-state index < -0.39 is 0 Å². The van der Waals surface area contributed by atoms with Crippen LogP contribution >= 0.6 is 0 Å². The van der Waals surface area contributed by atoms with Crippen LogP contribution in [0.2, 0.25) is 0 Å². The first-order valence-electron chi connectivity index (χ1n) is 9.32. The number of fused-ring (bicyclic) bond motifs is 3. The molecule has 4 N–H and O–H groups in total. The summed E-state index contributed by atoms with van der Waals surface area (Å²) in [6.07, 6.45) is 3.28. The van der Waals surface area contributed by atoms with Gasteiger partial charge in [0.1, 0.15) is 11.2 Å². The third kappa shape index (κ3) is 3.20. The van der Waals surface area contributed by atoms with E-state index in [9.17, 15) is 4.79 Å². The topological polar surface area (TPSA) is 140 Å². The molecule has 0 saturated heterocycles. The number of carbonyl (C=O) groups excluding carboxylic acids is 1. The number of hydrogen-bond donors (Lipinski definition) is 3. The molecule has 5 rings (SSSR count). The van der Waals surface area contributed by atoms with E-state index >= 15 is 0 Å². The quantitative estimate of drug-likeness (QED) is 0.409. The average Bonchev–Trinajstić information content (AvgIpc) is 3.45. The maximum Gasteiger partial charge on any atom is 0.269 e. The molecular weight excluding hydrogens is 382 g/mol. The third-order valence-corrected chi connectivity index (χ3v) is 4.70. The predicted molar refractivity (Wildman–Crippen MR) is 111 cm³/mol. The smallest absolute Gasteiger partial charge is 0.269 e. The van der Waals surface area contributed by atoms with Crippen molar-refractivity contribution >= 4 is 33.7 Å². The first-order valence-corrected chi connectivity index (χ1v) is 9.32. The maximum atomic E-state index is 12.1. The highest BCUT2D eigenvalue weighted by Crippen LogP contribution is 2.28. The van der Waals surface area contributed by atoms with E-state index in [2.05, 4.69) is 35.7 Å². The molecular formula is C20H17N9O. The molecule has 1 amide bonds. The van der Waals surface area contributed by atoms with E-state index in [0.717, 1.165) is 22.2 Å². The molecule has 0 aliphatic rings. The average molecular weight is 399 g/mol. The molecule has 0 spiro atoms. The molecule has 1 aromatic carbocycles. The number of nitrogen functional groups attached to an aromatic ring is 1. The van der Waals surface area contributed by atoms with Gasteiger partial charge in [0.2, 0.25) is 0 Å². The number of carbonyl (C=O) groups is 1. The molecule has 0 saturated carbocycles. The van der Waals surface area contributed by atoms with Gasteiger partial charge in [-0.05, 0) is 30.3 Å². The zero-order valence-electron chi connectivity index (χ0n) is 15.8. The summed E-state index contributed by atoms with van der Waals surface area (Å²) < 4.78 is 0. The van der Waals surface area contributed by atoms with Gasteiger partial charge in [-0.1, -0.05) is 12.1 Å². The van der Waals surface area contributed by atoms with E-state index in [4.69, 9.17) is 5.73 Å². The Kier molecular flexibility index (Phi) is 4.28. The van der Waals surface area contributed by atoms with Crippen LogP contribution in [0.5, 0.6) is 0 Å². The van der Waals surface area contributed by atoms with Crippen molar-refractivity contribution in [2.75, 3.05) is 12.3 Å². The van der Waals surface area contributed by atoms with Crippen LogP contribution in [-0.4, -0.2) is 47.6 Å². The predicted octanol–water partition coefficient (Wildman–Crippen LogP) is 1.78. The van der Waals surface area contributed by atoms with Crippen molar-refractivity contribution in [3.63, 3.8) is 0 Å². The molecule has 148 valence electrons. The molecule has 30 heavy (non-hydrogen) atoms. The van der Waals surface area contributed by atoms with Gasteiger partial charge in [0.05, 0.1) is 17.8 Å². The van der Waals surface area contributed by atoms with E-state index in [0.29, 0.717) is 35.6 Å². The molecule has 0 bridgehead atoms. The van der Waals surface area contributed by atoms with Gasteiger partial charge in [-0.25, -0.2) is 4.98 Å². The standard InChI is InChI=1S/C20H17N9O/c21-19-18-17(13-5-4-12(11-16(13)25-19)14-6-8-24-26-14)27-29(28-18)10-9-23-20(30)15-3-1-2-7-22-15/h1-8,11H,9-10H2,(H2,21,25)(H,23,30)(H,24,26). The summed E-state index contributed by atoms with van der Waals surface area (Å²) in [5, 5.41) is 19.6. The second-order valence-corrected chi connectivity index (χ2v) is 6.66. The Hall–Kier alpha value is -4.34. The molecule has 4 aromatic heterocycles. The van der Waals surface area contributed by atoms with Crippen LogP contribution in [0, 0.1) is 0 Å². The van der Waals surface area contributed by atoms with Crippen LogP contribution in [0.25, 0.3) is 33.2 Å². The molecule has 0 aliphatic carbocycles. The lowest BCUT2D eigenvalue weighted by Crippen LogP contribution is -2.28. The van der Waals surface area contributed by atoms with Gasteiger partial charge in [0.25, 0.3) is 5.91 Å². The number of H-pyrrole nitrogens is 1. The van der Waals surface area contributed by atoms with Crippen LogP contribution in [0.4, 0.5) is 5.82 Å². The van der Waals surface area contributed by atoms with Crippen molar-refractivity contribution in [3.8, 4) is 11.3 Å². The molecule has 0 radical (unpaired) electrons. The number of nitrogens with one attached hydrogen (secondary N) is 2. The number of nitrogens with two attached hydrogens (primary N) is 1. The van der Waals surface area contributed by atoms with Gasteiger partial charge in [-0.15, -0.1) is 5.10 Å². The molecule has 0 atom stereocenters. The molecule has 4 heterocycles. The van der Waals surface area contributed by atoms with Crippen molar-refractivity contribution in [1.29, 1.82) is 0 Å². The Balaban J connectivity index is 1.40. The van der Waals surface area contributed by atoms with Gasteiger partial charge >= 0.3 is 0 Å². The lowest BCUT2D eigenvalue weighted by atomic mass is 10.1. The lowest BCUT2D eigenvalue weighted by molar-refractivity contribution is 0.0946. The fourth-order valence-electron chi connectivity index (χ4n) is 3.25. The molecule has 10 heteroatoms. The van der Waals surface area contributed by atoms with Crippen LogP contribution < -0.4 is 11.1 Å². The number of nitrogens with zero attached hydrogens (tertiary/aromatic N) is 6. The molecule has 5 aromatic rings. The summed E-state index contributed by atoms with van der Waals surface area (Å²) in [5.41, 5.74) is 10.3. The van der Waals surface area contributed by atoms with Crippen LogP contribution in [0.15, 0.2) is 54.9 Å². The number of aromatic nitrogens is 7. The highest BCUT2D eigenvalue weighted by atomic mass is 16.1. The van der Waals surface area contributed by atoms with Crippen molar-refractivity contribution in [3.05, 3.63) is 60.6 Å². The Morgan fingerprint density at radius 2 is 2.00 bits per heavy atom. The number of benzene rings is 1. The normalized spacial score (nSPS) is 11.2. The summed E-state index contributed by atoms with van der Waals surface area (Å²) in [4.78, 5) is 22.1. The van der Waals surface area contributed by atoms with Gasteiger partial charge in [-0.3, -0.25) is 14.9 Å². The second kappa shape index (κ2) is 7.24.